The van der Waals surface area contributed by atoms with E-state index in [1.807, 2.05) is 18.2 Å². The van der Waals surface area contributed by atoms with E-state index in [0.717, 1.165) is 25.7 Å². The Morgan fingerprint density at radius 1 is 1.12 bits per heavy atom. The van der Waals surface area contributed by atoms with Gasteiger partial charge in [-0.1, -0.05) is 49.6 Å². The average molecular weight is 250 g/mol. The second-order valence-corrected chi connectivity index (χ2v) is 6.29. The zero-order valence-electron chi connectivity index (χ0n) is 9.93. The first kappa shape index (κ1) is 12.5. The van der Waals surface area contributed by atoms with Gasteiger partial charge in [-0.15, -0.1) is 0 Å². The van der Waals surface area contributed by atoms with E-state index >= 15 is 0 Å². The molecule has 0 heterocycles. The van der Waals surface area contributed by atoms with Gasteiger partial charge in [0.2, 0.25) is 0 Å². The van der Waals surface area contributed by atoms with E-state index in [2.05, 4.69) is 0 Å². The van der Waals surface area contributed by atoms with Crippen molar-refractivity contribution in [2.24, 2.45) is 0 Å². The molecule has 1 unspecified atom stereocenters. The van der Waals surface area contributed by atoms with Crippen LogP contribution in [0.4, 0.5) is 0 Å². The Labute approximate surface area is 105 Å². The summed E-state index contributed by atoms with van der Waals surface area (Å²) in [6.45, 7) is 0. The molecule has 1 aliphatic rings. The normalized spacial score (nSPS) is 18.8. The predicted molar refractivity (Wildman–Crippen MR) is 70.7 cm³/mol. The van der Waals surface area contributed by atoms with Crippen molar-refractivity contribution in [2.75, 3.05) is 5.75 Å². The number of rotatable bonds is 4. The molecule has 0 aliphatic heterocycles. The molecule has 2 nitrogen and oxygen atoms in total. The standard InChI is InChI=1S/C14H18O2S/c15-14(12-7-3-1-4-8-12)11-17(16)13-9-5-2-6-10-13/h1,3-4,7-8,13H,2,5-6,9-11H2. The Balaban J connectivity index is 1.92. The first-order chi connectivity index (χ1) is 8.27. The van der Waals surface area contributed by atoms with Crippen molar-refractivity contribution in [3.63, 3.8) is 0 Å². The largest absolute Gasteiger partial charge is 0.293 e. The summed E-state index contributed by atoms with van der Waals surface area (Å²) in [5.74, 6) is 0.198. The number of benzene rings is 1. The molecule has 0 amide bonds. The van der Waals surface area contributed by atoms with Crippen molar-refractivity contribution in [1.29, 1.82) is 0 Å². The van der Waals surface area contributed by atoms with Gasteiger partial charge in [0.15, 0.2) is 5.78 Å². The van der Waals surface area contributed by atoms with Crippen LogP contribution < -0.4 is 0 Å². The maximum absolute atomic E-state index is 12.1. The molecule has 1 aromatic rings. The van der Waals surface area contributed by atoms with Crippen LogP contribution in [0.3, 0.4) is 0 Å². The van der Waals surface area contributed by atoms with Gasteiger partial charge >= 0.3 is 0 Å². The lowest BCUT2D eigenvalue weighted by atomic mass is 10.0. The van der Waals surface area contributed by atoms with Gasteiger partial charge < -0.3 is 0 Å². The van der Waals surface area contributed by atoms with Crippen LogP contribution in [0.1, 0.15) is 42.5 Å². The highest BCUT2D eigenvalue weighted by Crippen LogP contribution is 2.22. The van der Waals surface area contributed by atoms with Crippen molar-refractivity contribution in [1.82, 2.24) is 0 Å². The molecule has 92 valence electrons. The van der Waals surface area contributed by atoms with Gasteiger partial charge in [-0.3, -0.25) is 9.00 Å². The highest BCUT2D eigenvalue weighted by atomic mass is 32.2. The maximum Gasteiger partial charge on any atom is 0.175 e. The Hall–Kier alpha value is -0.960. The zero-order chi connectivity index (χ0) is 12.1. The minimum absolute atomic E-state index is 0.00880. The molecule has 0 radical (unpaired) electrons. The van der Waals surface area contributed by atoms with Gasteiger partial charge in [0.05, 0.1) is 5.75 Å². The molecule has 0 saturated heterocycles. The fraction of sp³-hybridized carbons (Fsp3) is 0.500. The molecule has 1 fully saturated rings. The van der Waals surface area contributed by atoms with Crippen LogP contribution in [0, 0.1) is 0 Å². The van der Waals surface area contributed by atoms with Gasteiger partial charge in [0.1, 0.15) is 0 Å². The van der Waals surface area contributed by atoms with E-state index in [0.29, 0.717) is 5.56 Å². The van der Waals surface area contributed by atoms with Gasteiger partial charge in [-0.05, 0) is 12.8 Å². The maximum atomic E-state index is 12.1. The lowest BCUT2D eigenvalue weighted by molar-refractivity contribution is 0.102. The number of hydrogen-bond acceptors (Lipinski definition) is 2. The Morgan fingerprint density at radius 3 is 2.41 bits per heavy atom. The van der Waals surface area contributed by atoms with E-state index in [-0.39, 0.29) is 16.8 Å². The second kappa shape index (κ2) is 6.10. The molecule has 0 N–H and O–H groups in total. The number of ketones is 1. The van der Waals surface area contributed by atoms with Crippen molar-refractivity contribution >= 4 is 16.6 Å². The van der Waals surface area contributed by atoms with Gasteiger partial charge in [-0.25, -0.2) is 0 Å². The van der Waals surface area contributed by atoms with Gasteiger partial charge in [0.25, 0.3) is 0 Å². The summed E-state index contributed by atoms with van der Waals surface area (Å²) < 4.78 is 12.1. The number of carbonyl (C=O) groups is 1. The Bertz CT molecular complexity index is 394. The molecule has 17 heavy (non-hydrogen) atoms. The molecule has 0 aromatic heterocycles. The highest BCUT2D eigenvalue weighted by Gasteiger charge is 2.22. The van der Waals surface area contributed by atoms with Crippen LogP contribution in [0.15, 0.2) is 30.3 Å². The fourth-order valence-corrected chi connectivity index (χ4v) is 3.80. The van der Waals surface area contributed by atoms with Crippen molar-refractivity contribution < 1.29 is 9.00 Å². The Morgan fingerprint density at radius 2 is 1.76 bits per heavy atom. The summed E-state index contributed by atoms with van der Waals surface area (Å²) in [6, 6.07) is 9.16. The van der Waals surface area contributed by atoms with E-state index in [4.69, 9.17) is 0 Å². The van der Waals surface area contributed by atoms with Crippen LogP contribution in [-0.2, 0) is 10.8 Å². The molecule has 1 atom stereocenters. The molecule has 0 bridgehead atoms. The lowest BCUT2D eigenvalue weighted by Crippen LogP contribution is -2.24. The van der Waals surface area contributed by atoms with E-state index in [1.165, 1.54) is 6.42 Å². The summed E-state index contributed by atoms with van der Waals surface area (Å²) in [7, 11) is -0.987. The number of Topliss-reactive ketones (excluding diaryl/α,β-unsaturated/α-hetero) is 1. The summed E-state index contributed by atoms with van der Waals surface area (Å²) >= 11 is 0. The third kappa shape index (κ3) is 3.50. The van der Waals surface area contributed by atoms with E-state index in [9.17, 15) is 9.00 Å². The smallest absolute Gasteiger partial charge is 0.175 e. The van der Waals surface area contributed by atoms with Gasteiger partial charge in [-0.2, -0.15) is 0 Å². The Kier molecular flexibility index (Phi) is 4.49. The molecule has 1 saturated carbocycles. The lowest BCUT2D eigenvalue weighted by Gasteiger charge is -2.20. The quantitative estimate of drug-likeness (QED) is 0.770. The van der Waals surface area contributed by atoms with Gasteiger partial charge in [0, 0.05) is 21.6 Å². The molecule has 1 aliphatic carbocycles. The predicted octanol–water partition coefficient (Wildman–Crippen LogP) is 2.95. The van der Waals surface area contributed by atoms with Crippen LogP contribution in [0.25, 0.3) is 0 Å². The molecule has 3 heteroatoms. The van der Waals surface area contributed by atoms with Crippen molar-refractivity contribution in [3.05, 3.63) is 35.9 Å². The molecule has 2 rings (SSSR count). The topological polar surface area (TPSA) is 34.1 Å². The molecular weight excluding hydrogens is 232 g/mol. The van der Waals surface area contributed by atoms with Crippen LogP contribution in [-0.4, -0.2) is 21.0 Å². The van der Waals surface area contributed by atoms with Crippen LogP contribution >= 0.6 is 0 Å². The summed E-state index contributed by atoms with van der Waals surface area (Å²) in [5, 5.41) is 0.247. The van der Waals surface area contributed by atoms with Crippen molar-refractivity contribution in [3.8, 4) is 0 Å². The molecule has 0 spiro atoms. The van der Waals surface area contributed by atoms with Crippen LogP contribution in [0.2, 0.25) is 0 Å². The SMILES string of the molecule is O=C(CS(=O)C1CCCCC1)c1ccccc1. The first-order valence-corrected chi connectivity index (χ1v) is 7.61. The minimum Gasteiger partial charge on any atom is -0.293 e. The highest BCUT2D eigenvalue weighted by molar-refractivity contribution is 7.86. The number of hydrogen-bond donors (Lipinski definition) is 0. The van der Waals surface area contributed by atoms with E-state index in [1.54, 1.807) is 12.1 Å². The van der Waals surface area contributed by atoms with Crippen molar-refractivity contribution in [2.45, 2.75) is 37.4 Å². The third-order valence-corrected chi connectivity index (χ3v) is 5.05. The molecule has 1 aromatic carbocycles. The zero-order valence-corrected chi connectivity index (χ0v) is 10.7. The minimum atomic E-state index is -0.987. The summed E-state index contributed by atoms with van der Waals surface area (Å²) in [6.07, 6.45) is 5.62. The first-order valence-electron chi connectivity index (χ1n) is 6.23. The van der Waals surface area contributed by atoms with Crippen LogP contribution in [0.5, 0.6) is 0 Å². The summed E-state index contributed by atoms with van der Waals surface area (Å²) in [5.41, 5.74) is 0.677. The van der Waals surface area contributed by atoms with E-state index < -0.39 is 10.8 Å². The molecular formula is C14H18O2S. The summed E-state index contributed by atoms with van der Waals surface area (Å²) in [4.78, 5) is 11.9. The average Bonchev–Trinajstić information content (AvgIpc) is 2.40. The third-order valence-electron chi connectivity index (χ3n) is 3.29. The fourth-order valence-electron chi connectivity index (χ4n) is 2.28. The monoisotopic (exact) mass is 250 g/mol. The second-order valence-electron chi connectivity index (χ2n) is 4.57. The number of carbonyl (C=O) groups excluding carboxylic acids is 1.